The molecule has 1 atom stereocenters. The summed E-state index contributed by atoms with van der Waals surface area (Å²) in [4.78, 5) is 12.3. The van der Waals surface area contributed by atoms with Crippen molar-refractivity contribution < 1.29 is 19.0 Å². The molecule has 3 rings (SSSR count). The van der Waals surface area contributed by atoms with Gasteiger partial charge < -0.3 is 19.5 Å². The van der Waals surface area contributed by atoms with Crippen LogP contribution in [0.15, 0.2) is 48.5 Å². The summed E-state index contributed by atoms with van der Waals surface area (Å²) in [6.07, 6.45) is 4.00. The SMILES string of the molecule is COc1ccc(/C=C/C(=O)NC2CCOc3ccccc32)c(OC)c1. The zero-order valence-corrected chi connectivity index (χ0v) is 14.3. The summed E-state index contributed by atoms with van der Waals surface area (Å²) in [5.74, 6) is 2.04. The normalized spacial score (nSPS) is 16.0. The number of hydrogen-bond acceptors (Lipinski definition) is 4. The molecule has 25 heavy (non-hydrogen) atoms. The Morgan fingerprint density at radius 2 is 2.04 bits per heavy atom. The second kappa shape index (κ2) is 7.75. The van der Waals surface area contributed by atoms with E-state index in [1.807, 2.05) is 36.4 Å². The highest BCUT2D eigenvalue weighted by atomic mass is 16.5. The summed E-state index contributed by atoms with van der Waals surface area (Å²) >= 11 is 0. The van der Waals surface area contributed by atoms with Gasteiger partial charge in [0, 0.05) is 29.7 Å². The number of fused-ring (bicyclic) bond motifs is 1. The van der Waals surface area contributed by atoms with Gasteiger partial charge in [0.25, 0.3) is 0 Å². The molecule has 1 unspecified atom stereocenters. The van der Waals surface area contributed by atoms with Crippen molar-refractivity contribution in [3.05, 3.63) is 59.7 Å². The van der Waals surface area contributed by atoms with Gasteiger partial charge in [0.05, 0.1) is 26.9 Å². The number of methoxy groups -OCH3 is 2. The second-order valence-electron chi connectivity index (χ2n) is 5.68. The molecule has 0 spiro atoms. The zero-order chi connectivity index (χ0) is 17.6. The van der Waals surface area contributed by atoms with Gasteiger partial charge in [-0.25, -0.2) is 0 Å². The van der Waals surface area contributed by atoms with Gasteiger partial charge in [-0.3, -0.25) is 4.79 Å². The standard InChI is InChI=1S/C20H21NO4/c1-23-15-9-7-14(19(13-15)24-2)8-10-20(22)21-17-11-12-25-18-6-4-3-5-16(17)18/h3-10,13,17H,11-12H2,1-2H3,(H,21,22)/b10-8+. The minimum Gasteiger partial charge on any atom is -0.497 e. The summed E-state index contributed by atoms with van der Waals surface area (Å²) in [7, 11) is 3.19. The van der Waals surface area contributed by atoms with Crippen LogP contribution in [0.1, 0.15) is 23.6 Å². The fourth-order valence-electron chi connectivity index (χ4n) is 2.83. The quantitative estimate of drug-likeness (QED) is 0.849. The van der Waals surface area contributed by atoms with Crippen LogP contribution in [-0.4, -0.2) is 26.7 Å². The molecule has 0 bridgehead atoms. The highest BCUT2D eigenvalue weighted by Gasteiger charge is 2.21. The first-order chi connectivity index (χ1) is 12.2. The van der Waals surface area contributed by atoms with Gasteiger partial charge in [-0.2, -0.15) is 0 Å². The van der Waals surface area contributed by atoms with Crippen molar-refractivity contribution in [2.45, 2.75) is 12.5 Å². The fourth-order valence-corrected chi connectivity index (χ4v) is 2.83. The van der Waals surface area contributed by atoms with Crippen LogP contribution in [0, 0.1) is 0 Å². The lowest BCUT2D eigenvalue weighted by atomic mass is 10.0. The molecular formula is C20H21NO4. The number of para-hydroxylation sites is 1. The van der Waals surface area contributed by atoms with Crippen molar-refractivity contribution in [1.82, 2.24) is 5.32 Å². The molecule has 1 aliphatic rings. The molecule has 130 valence electrons. The lowest BCUT2D eigenvalue weighted by molar-refractivity contribution is -0.117. The average Bonchev–Trinajstić information content (AvgIpc) is 2.66. The smallest absolute Gasteiger partial charge is 0.244 e. The lowest BCUT2D eigenvalue weighted by Crippen LogP contribution is -2.30. The maximum Gasteiger partial charge on any atom is 0.244 e. The highest BCUT2D eigenvalue weighted by molar-refractivity contribution is 5.92. The van der Waals surface area contributed by atoms with Crippen molar-refractivity contribution in [3.63, 3.8) is 0 Å². The molecule has 5 nitrogen and oxygen atoms in total. The molecule has 0 radical (unpaired) electrons. The van der Waals surface area contributed by atoms with Gasteiger partial charge >= 0.3 is 0 Å². The van der Waals surface area contributed by atoms with Crippen LogP contribution in [-0.2, 0) is 4.79 Å². The van der Waals surface area contributed by atoms with Crippen molar-refractivity contribution >= 4 is 12.0 Å². The van der Waals surface area contributed by atoms with E-state index >= 15 is 0 Å². The van der Waals surface area contributed by atoms with E-state index in [0.717, 1.165) is 23.3 Å². The van der Waals surface area contributed by atoms with E-state index in [-0.39, 0.29) is 11.9 Å². The summed E-state index contributed by atoms with van der Waals surface area (Å²) in [5, 5.41) is 3.03. The number of benzene rings is 2. The molecular weight excluding hydrogens is 318 g/mol. The molecule has 0 aromatic heterocycles. The summed E-state index contributed by atoms with van der Waals surface area (Å²) < 4.78 is 16.1. The van der Waals surface area contributed by atoms with Crippen molar-refractivity contribution in [2.24, 2.45) is 0 Å². The number of hydrogen-bond donors (Lipinski definition) is 1. The van der Waals surface area contributed by atoms with Crippen LogP contribution < -0.4 is 19.5 Å². The minimum absolute atomic E-state index is 0.0418. The first-order valence-corrected chi connectivity index (χ1v) is 8.13. The second-order valence-corrected chi connectivity index (χ2v) is 5.68. The molecule has 2 aromatic rings. The average molecular weight is 339 g/mol. The first kappa shape index (κ1) is 16.9. The van der Waals surface area contributed by atoms with Crippen LogP contribution in [0.3, 0.4) is 0 Å². The van der Waals surface area contributed by atoms with Crippen LogP contribution in [0.2, 0.25) is 0 Å². The number of nitrogens with one attached hydrogen (secondary N) is 1. The molecule has 0 saturated carbocycles. The van der Waals surface area contributed by atoms with Crippen molar-refractivity contribution in [1.29, 1.82) is 0 Å². The third-order valence-electron chi connectivity index (χ3n) is 4.13. The molecule has 0 saturated heterocycles. The van der Waals surface area contributed by atoms with Gasteiger partial charge in [-0.15, -0.1) is 0 Å². The maximum atomic E-state index is 12.3. The maximum absolute atomic E-state index is 12.3. The molecule has 0 aliphatic carbocycles. The van der Waals surface area contributed by atoms with Gasteiger partial charge in [0.1, 0.15) is 17.2 Å². The van der Waals surface area contributed by atoms with Gasteiger partial charge in [0.2, 0.25) is 5.91 Å². The number of carbonyl (C=O) groups is 1. The van der Waals surface area contributed by atoms with E-state index in [0.29, 0.717) is 18.1 Å². The largest absolute Gasteiger partial charge is 0.497 e. The van der Waals surface area contributed by atoms with E-state index in [4.69, 9.17) is 14.2 Å². The van der Waals surface area contributed by atoms with E-state index < -0.39 is 0 Å². The van der Waals surface area contributed by atoms with Gasteiger partial charge in [-0.1, -0.05) is 18.2 Å². The fraction of sp³-hybridized carbons (Fsp3) is 0.250. The lowest BCUT2D eigenvalue weighted by Gasteiger charge is -2.26. The van der Waals surface area contributed by atoms with Crippen LogP contribution >= 0.6 is 0 Å². The Labute approximate surface area is 147 Å². The monoisotopic (exact) mass is 339 g/mol. The van der Waals surface area contributed by atoms with Gasteiger partial charge in [-0.05, 0) is 24.3 Å². The predicted molar refractivity (Wildman–Crippen MR) is 96.0 cm³/mol. The van der Waals surface area contributed by atoms with Gasteiger partial charge in [0.15, 0.2) is 0 Å². The van der Waals surface area contributed by atoms with Crippen LogP contribution in [0.5, 0.6) is 17.2 Å². The summed E-state index contributed by atoms with van der Waals surface area (Å²) in [5.41, 5.74) is 1.82. The number of rotatable bonds is 5. The van der Waals surface area contributed by atoms with Crippen molar-refractivity contribution in [2.75, 3.05) is 20.8 Å². The molecule has 2 aromatic carbocycles. The number of carbonyl (C=O) groups excluding carboxylic acids is 1. The van der Waals surface area contributed by atoms with Crippen LogP contribution in [0.4, 0.5) is 0 Å². The van der Waals surface area contributed by atoms with Crippen molar-refractivity contribution in [3.8, 4) is 17.2 Å². The molecule has 0 fully saturated rings. The Balaban J connectivity index is 1.70. The highest BCUT2D eigenvalue weighted by Crippen LogP contribution is 2.31. The van der Waals surface area contributed by atoms with E-state index in [1.54, 1.807) is 26.4 Å². The Kier molecular flexibility index (Phi) is 5.23. The molecule has 1 aliphatic heterocycles. The third kappa shape index (κ3) is 3.94. The third-order valence-corrected chi connectivity index (χ3v) is 4.13. The molecule has 1 N–H and O–H groups in total. The summed E-state index contributed by atoms with van der Waals surface area (Å²) in [6, 6.07) is 13.2. The zero-order valence-electron chi connectivity index (χ0n) is 14.3. The minimum atomic E-state index is -0.153. The predicted octanol–water partition coefficient (Wildman–Crippen LogP) is 3.36. The van der Waals surface area contributed by atoms with Crippen LogP contribution in [0.25, 0.3) is 6.08 Å². The molecule has 5 heteroatoms. The van der Waals surface area contributed by atoms with E-state index in [1.165, 1.54) is 6.08 Å². The molecule has 1 heterocycles. The van der Waals surface area contributed by atoms with E-state index in [9.17, 15) is 4.79 Å². The number of amides is 1. The van der Waals surface area contributed by atoms with E-state index in [2.05, 4.69) is 5.32 Å². The first-order valence-electron chi connectivity index (χ1n) is 8.13. The molecule has 1 amide bonds. The summed E-state index contributed by atoms with van der Waals surface area (Å²) in [6.45, 7) is 0.595. The Morgan fingerprint density at radius 3 is 2.84 bits per heavy atom. The Hall–Kier alpha value is -2.95. The topological polar surface area (TPSA) is 56.8 Å². The Morgan fingerprint density at radius 1 is 1.20 bits per heavy atom. The number of ether oxygens (including phenoxy) is 3. The Bertz CT molecular complexity index is 785.